The molecule has 0 bridgehead atoms. The number of benzene rings is 2. The van der Waals surface area contributed by atoms with E-state index in [1.54, 1.807) is 6.33 Å². The maximum atomic E-state index is 5.44. The van der Waals surface area contributed by atoms with Gasteiger partial charge in [0.2, 0.25) is 0 Å². The molecule has 4 nitrogen and oxygen atoms in total. The van der Waals surface area contributed by atoms with Crippen LogP contribution in [0, 0.1) is 0 Å². The van der Waals surface area contributed by atoms with Crippen molar-refractivity contribution in [3.8, 4) is 5.75 Å². The summed E-state index contributed by atoms with van der Waals surface area (Å²) < 4.78 is 6.39. The number of fused-ring (bicyclic) bond motifs is 1. The van der Waals surface area contributed by atoms with Gasteiger partial charge >= 0.3 is 0 Å². The van der Waals surface area contributed by atoms with Crippen molar-refractivity contribution in [3.05, 3.63) is 53.3 Å². The van der Waals surface area contributed by atoms with E-state index in [0.29, 0.717) is 6.61 Å². The van der Waals surface area contributed by atoms with Crippen molar-refractivity contribution >= 4 is 38.3 Å². The van der Waals surface area contributed by atoms with Gasteiger partial charge in [0.1, 0.15) is 17.9 Å². The highest BCUT2D eigenvalue weighted by Gasteiger charge is 2.06. The van der Waals surface area contributed by atoms with Gasteiger partial charge in [-0.3, -0.25) is 0 Å². The van der Waals surface area contributed by atoms with Crippen molar-refractivity contribution in [1.82, 2.24) is 9.97 Å². The van der Waals surface area contributed by atoms with Crippen LogP contribution in [0.4, 0.5) is 11.5 Å². The predicted molar refractivity (Wildman–Crippen MR) is 88.1 cm³/mol. The van der Waals surface area contributed by atoms with E-state index in [9.17, 15) is 0 Å². The van der Waals surface area contributed by atoms with E-state index >= 15 is 0 Å². The number of hydrogen-bond donors (Lipinski definition) is 1. The van der Waals surface area contributed by atoms with Crippen molar-refractivity contribution < 1.29 is 4.74 Å². The third-order valence-electron chi connectivity index (χ3n) is 3.04. The van der Waals surface area contributed by atoms with Gasteiger partial charge in [0.25, 0.3) is 0 Å². The number of rotatable bonds is 4. The van der Waals surface area contributed by atoms with Crippen molar-refractivity contribution in [2.45, 2.75) is 6.92 Å². The van der Waals surface area contributed by atoms with E-state index in [1.807, 2.05) is 49.4 Å². The number of ether oxygens (including phenoxy) is 1. The van der Waals surface area contributed by atoms with Crippen molar-refractivity contribution in [3.63, 3.8) is 0 Å². The molecule has 0 aliphatic rings. The van der Waals surface area contributed by atoms with Crippen LogP contribution in [0.3, 0.4) is 0 Å². The molecule has 21 heavy (non-hydrogen) atoms. The molecule has 5 heteroatoms. The summed E-state index contributed by atoms with van der Waals surface area (Å²) in [6.45, 7) is 2.63. The minimum Gasteiger partial charge on any atom is -0.494 e. The van der Waals surface area contributed by atoms with Gasteiger partial charge in [0.15, 0.2) is 0 Å². The Morgan fingerprint density at radius 1 is 1.10 bits per heavy atom. The van der Waals surface area contributed by atoms with E-state index < -0.39 is 0 Å². The molecule has 2 aromatic carbocycles. The van der Waals surface area contributed by atoms with Crippen LogP contribution < -0.4 is 10.1 Å². The number of aromatic nitrogens is 2. The zero-order chi connectivity index (χ0) is 14.7. The molecule has 0 radical (unpaired) electrons. The minimum absolute atomic E-state index is 0.664. The SMILES string of the molecule is CCOc1ccc(Nc2ncnc3c(Br)cccc23)cc1. The van der Waals surface area contributed by atoms with Gasteiger partial charge in [-0.1, -0.05) is 6.07 Å². The highest BCUT2D eigenvalue weighted by atomic mass is 79.9. The lowest BCUT2D eigenvalue weighted by Gasteiger charge is -2.10. The molecule has 0 spiro atoms. The summed E-state index contributed by atoms with van der Waals surface area (Å²) >= 11 is 3.51. The Kier molecular flexibility index (Phi) is 4.01. The van der Waals surface area contributed by atoms with Crippen LogP contribution in [0.5, 0.6) is 5.75 Å². The van der Waals surface area contributed by atoms with Crippen LogP contribution >= 0.6 is 15.9 Å². The number of para-hydroxylation sites is 1. The summed E-state index contributed by atoms with van der Waals surface area (Å²) in [6, 6.07) is 13.7. The predicted octanol–water partition coefficient (Wildman–Crippen LogP) is 4.53. The fraction of sp³-hybridized carbons (Fsp3) is 0.125. The molecule has 1 heterocycles. The first-order valence-corrected chi connectivity index (χ1v) is 7.46. The van der Waals surface area contributed by atoms with Gasteiger partial charge in [-0.2, -0.15) is 0 Å². The van der Waals surface area contributed by atoms with E-state index in [1.165, 1.54) is 0 Å². The normalized spacial score (nSPS) is 10.6. The molecule has 0 unspecified atom stereocenters. The van der Waals surface area contributed by atoms with Gasteiger partial charge < -0.3 is 10.1 Å². The second-order valence-corrected chi connectivity index (χ2v) is 5.30. The molecule has 106 valence electrons. The molecule has 0 aliphatic carbocycles. The summed E-state index contributed by atoms with van der Waals surface area (Å²) in [6.07, 6.45) is 1.56. The van der Waals surface area contributed by atoms with E-state index in [2.05, 4.69) is 31.2 Å². The Balaban J connectivity index is 1.93. The van der Waals surface area contributed by atoms with Crippen LogP contribution in [-0.2, 0) is 0 Å². The molecular weight excluding hydrogens is 330 g/mol. The molecule has 1 N–H and O–H groups in total. The number of nitrogens with zero attached hydrogens (tertiary/aromatic N) is 2. The van der Waals surface area contributed by atoms with Crippen LogP contribution in [0.15, 0.2) is 53.3 Å². The largest absolute Gasteiger partial charge is 0.494 e. The minimum atomic E-state index is 0.664. The topological polar surface area (TPSA) is 47.0 Å². The second kappa shape index (κ2) is 6.10. The Hall–Kier alpha value is -2.14. The molecule has 0 amide bonds. The number of nitrogens with one attached hydrogen (secondary N) is 1. The van der Waals surface area contributed by atoms with E-state index in [-0.39, 0.29) is 0 Å². The Bertz CT molecular complexity index is 759. The number of hydrogen-bond acceptors (Lipinski definition) is 4. The molecule has 0 fully saturated rings. The maximum absolute atomic E-state index is 5.44. The molecule has 0 atom stereocenters. The smallest absolute Gasteiger partial charge is 0.141 e. The lowest BCUT2D eigenvalue weighted by Crippen LogP contribution is -1.97. The van der Waals surface area contributed by atoms with Crippen LogP contribution in [0.2, 0.25) is 0 Å². The molecule has 3 rings (SSSR count). The fourth-order valence-electron chi connectivity index (χ4n) is 2.09. The fourth-order valence-corrected chi connectivity index (χ4v) is 2.56. The van der Waals surface area contributed by atoms with Gasteiger partial charge in [-0.15, -0.1) is 0 Å². The summed E-state index contributed by atoms with van der Waals surface area (Å²) in [7, 11) is 0. The maximum Gasteiger partial charge on any atom is 0.141 e. The first-order chi connectivity index (χ1) is 10.3. The first kappa shape index (κ1) is 13.8. The highest BCUT2D eigenvalue weighted by Crippen LogP contribution is 2.28. The monoisotopic (exact) mass is 343 g/mol. The lowest BCUT2D eigenvalue weighted by atomic mass is 10.2. The average molecular weight is 344 g/mol. The summed E-state index contributed by atoms with van der Waals surface area (Å²) in [4.78, 5) is 8.63. The summed E-state index contributed by atoms with van der Waals surface area (Å²) in [5, 5.41) is 4.29. The van der Waals surface area contributed by atoms with Gasteiger partial charge in [0.05, 0.1) is 12.1 Å². The highest BCUT2D eigenvalue weighted by molar-refractivity contribution is 9.10. The zero-order valence-electron chi connectivity index (χ0n) is 11.5. The third-order valence-corrected chi connectivity index (χ3v) is 3.68. The van der Waals surface area contributed by atoms with E-state index in [0.717, 1.165) is 32.6 Å². The molecule has 0 aliphatic heterocycles. The first-order valence-electron chi connectivity index (χ1n) is 6.67. The quantitative estimate of drug-likeness (QED) is 0.755. The van der Waals surface area contributed by atoms with Gasteiger partial charge in [-0.05, 0) is 59.3 Å². The molecular formula is C16H14BrN3O. The second-order valence-electron chi connectivity index (χ2n) is 4.44. The van der Waals surface area contributed by atoms with Crippen LogP contribution in [-0.4, -0.2) is 16.6 Å². The third kappa shape index (κ3) is 2.97. The molecule has 3 aromatic rings. The number of halogens is 1. The molecule has 0 saturated heterocycles. The number of anilines is 2. The molecule has 1 aromatic heterocycles. The van der Waals surface area contributed by atoms with Gasteiger partial charge in [-0.25, -0.2) is 9.97 Å². The van der Waals surface area contributed by atoms with Crippen molar-refractivity contribution in [1.29, 1.82) is 0 Å². The zero-order valence-corrected chi connectivity index (χ0v) is 13.1. The van der Waals surface area contributed by atoms with Crippen molar-refractivity contribution in [2.75, 3.05) is 11.9 Å². The lowest BCUT2D eigenvalue weighted by molar-refractivity contribution is 0.340. The summed E-state index contributed by atoms with van der Waals surface area (Å²) in [5.41, 5.74) is 1.85. The van der Waals surface area contributed by atoms with Crippen LogP contribution in [0.25, 0.3) is 10.9 Å². The van der Waals surface area contributed by atoms with E-state index in [4.69, 9.17) is 4.74 Å². The van der Waals surface area contributed by atoms with Crippen molar-refractivity contribution in [2.24, 2.45) is 0 Å². The van der Waals surface area contributed by atoms with Crippen LogP contribution in [0.1, 0.15) is 6.92 Å². The van der Waals surface area contributed by atoms with Gasteiger partial charge in [0, 0.05) is 15.5 Å². The summed E-state index contributed by atoms with van der Waals surface area (Å²) in [5.74, 6) is 1.64. The standard InChI is InChI=1S/C16H14BrN3O/c1-2-21-12-8-6-11(7-9-12)20-16-13-4-3-5-14(17)15(13)18-10-19-16/h3-10H,2H2,1H3,(H,18,19,20). The Morgan fingerprint density at radius 2 is 1.90 bits per heavy atom. The Labute approximate surface area is 131 Å². The molecule has 0 saturated carbocycles. The Morgan fingerprint density at radius 3 is 2.67 bits per heavy atom. The average Bonchev–Trinajstić information content (AvgIpc) is 2.51.